The van der Waals surface area contributed by atoms with Gasteiger partial charge in [-0.25, -0.2) is 0 Å². The molecule has 1 aliphatic heterocycles. The molecule has 4 rings (SSSR count). The zero-order valence-corrected chi connectivity index (χ0v) is 20.8. The number of halogens is 2. The van der Waals surface area contributed by atoms with Gasteiger partial charge in [0, 0.05) is 24.5 Å². The summed E-state index contributed by atoms with van der Waals surface area (Å²) >= 11 is 12.2. The third-order valence-corrected chi connectivity index (χ3v) is 6.33. The highest BCUT2D eigenvalue weighted by Gasteiger charge is 2.46. The third kappa shape index (κ3) is 5.34. The number of ketones is 1. The van der Waals surface area contributed by atoms with E-state index in [1.165, 1.54) is 17.0 Å². The van der Waals surface area contributed by atoms with Crippen LogP contribution in [0.5, 0.6) is 5.75 Å². The molecule has 35 heavy (non-hydrogen) atoms. The van der Waals surface area contributed by atoms with Gasteiger partial charge in [0.05, 0.1) is 28.3 Å². The number of carbonyl (C=O) groups excluding carboxylic acids is 2. The van der Waals surface area contributed by atoms with Crippen molar-refractivity contribution in [3.63, 3.8) is 0 Å². The number of amides is 1. The van der Waals surface area contributed by atoms with E-state index in [2.05, 4.69) is 4.98 Å². The first-order valence-corrected chi connectivity index (χ1v) is 11.9. The van der Waals surface area contributed by atoms with Gasteiger partial charge in [0.2, 0.25) is 0 Å². The smallest absolute Gasteiger partial charge is 0.295 e. The minimum Gasteiger partial charge on any atom is -0.507 e. The number of hydrogen-bond donors (Lipinski definition) is 1. The summed E-state index contributed by atoms with van der Waals surface area (Å²) in [6.45, 7) is 4.77. The summed E-state index contributed by atoms with van der Waals surface area (Å²) < 4.78 is 5.88. The van der Waals surface area contributed by atoms with Crippen molar-refractivity contribution >= 4 is 40.7 Å². The molecule has 1 aromatic heterocycles. The first kappa shape index (κ1) is 24.8. The Balaban J connectivity index is 1.84. The van der Waals surface area contributed by atoms with Gasteiger partial charge in [0.15, 0.2) is 0 Å². The van der Waals surface area contributed by atoms with Crippen LogP contribution in [0.25, 0.3) is 5.76 Å². The Bertz CT molecular complexity index is 1290. The Morgan fingerprint density at radius 3 is 2.49 bits per heavy atom. The van der Waals surface area contributed by atoms with Gasteiger partial charge in [-0.05, 0) is 59.5 Å². The molecule has 1 atom stereocenters. The maximum atomic E-state index is 13.2. The Kier molecular flexibility index (Phi) is 7.43. The molecule has 1 fully saturated rings. The number of Topliss-reactive ketones (excluding diaryl/α,β-unsaturated/α-hetero) is 1. The number of carbonyl (C=O) groups is 2. The SMILES string of the molecule is CC(C)COc1cccc(C2/C(=C(/O)c3ccc(Cl)c(Cl)c3)C(=O)C(=O)N2Cc2ccncc2)c1. The molecule has 0 radical (unpaired) electrons. The molecule has 180 valence electrons. The second-order valence-electron chi connectivity index (χ2n) is 8.69. The van der Waals surface area contributed by atoms with E-state index in [4.69, 9.17) is 27.9 Å². The lowest BCUT2D eigenvalue weighted by Gasteiger charge is -2.26. The fourth-order valence-electron chi connectivity index (χ4n) is 3.91. The third-order valence-electron chi connectivity index (χ3n) is 5.59. The molecule has 0 saturated carbocycles. The summed E-state index contributed by atoms with van der Waals surface area (Å²) in [5, 5.41) is 11.8. The van der Waals surface area contributed by atoms with E-state index >= 15 is 0 Å². The lowest BCUT2D eigenvalue weighted by molar-refractivity contribution is -0.140. The standard InChI is InChI=1S/C27H24Cl2N2O4/c1-16(2)15-35-20-5-3-4-18(12-20)24-23(25(32)19-6-7-21(28)22(29)13-19)26(33)27(34)31(24)14-17-8-10-30-11-9-17/h3-13,16,24,32H,14-15H2,1-2H3/b25-23-. The molecule has 1 N–H and O–H groups in total. The number of aliphatic hydroxyl groups is 1. The summed E-state index contributed by atoms with van der Waals surface area (Å²) in [5.41, 5.74) is 1.71. The number of nitrogens with zero attached hydrogens (tertiary/aromatic N) is 2. The molecular formula is C27H24Cl2N2O4. The van der Waals surface area contributed by atoms with Gasteiger partial charge in [-0.2, -0.15) is 0 Å². The van der Waals surface area contributed by atoms with Gasteiger partial charge < -0.3 is 14.7 Å². The number of hydrogen-bond acceptors (Lipinski definition) is 5. The van der Waals surface area contributed by atoms with Crippen molar-refractivity contribution < 1.29 is 19.4 Å². The van der Waals surface area contributed by atoms with Crippen LogP contribution in [0, 0.1) is 5.92 Å². The molecule has 0 bridgehead atoms. The van der Waals surface area contributed by atoms with Crippen molar-refractivity contribution in [2.24, 2.45) is 5.92 Å². The van der Waals surface area contributed by atoms with Crippen LogP contribution in [0.2, 0.25) is 10.0 Å². The molecule has 6 nitrogen and oxygen atoms in total. The molecule has 2 aromatic carbocycles. The van der Waals surface area contributed by atoms with Gasteiger partial charge in [0.25, 0.3) is 11.7 Å². The minimum absolute atomic E-state index is 0.0246. The van der Waals surface area contributed by atoms with Gasteiger partial charge in [-0.15, -0.1) is 0 Å². The highest BCUT2D eigenvalue weighted by Crippen LogP contribution is 2.41. The molecule has 3 aromatic rings. The summed E-state index contributed by atoms with van der Waals surface area (Å²) in [6, 6.07) is 14.5. The van der Waals surface area contributed by atoms with Crippen molar-refractivity contribution in [3.8, 4) is 5.75 Å². The number of benzene rings is 2. The number of aromatic nitrogens is 1. The van der Waals surface area contributed by atoms with E-state index in [0.29, 0.717) is 34.4 Å². The number of aliphatic hydroxyl groups excluding tert-OH is 1. The largest absolute Gasteiger partial charge is 0.507 e. The van der Waals surface area contributed by atoms with E-state index < -0.39 is 17.7 Å². The van der Waals surface area contributed by atoms with Gasteiger partial charge >= 0.3 is 0 Å². The minimum atomic E-state index is -0.833. The predicted molar refractivity (Wildman–Crippen MR) is 135 cm³/mol. The van der Waals surface area contributed by atoms with Gasteiger partial charge in [-0.1, -0.05) is 49.2 Å². The van der Waals surface area contributed by atoms with E-state index in [1.807, 2.05) is 19.9 Å². The lowest BCUT2D eigenvalue weighted by Crippen LogP contribution is -2.29. The van der Waals surface area contributed by atoms with Crippen molar-refractivity contribution in [2.45, 2.75) is 26.4 Å². The van der Waals surface area contributed by atoms with Crippen LogP contribution in [0.3, 0.4) is 0 Å². The topological polar surface area (TPSA) is 79.7 Å². The van der Waals surface area contributed by atoms with Crippen molar-refractivity contribution in [3.05, 3.63) is 99.3 Å². The quantitative estimate of drug-likeness (QED) is 0.238. The Morgan fingerprint density at radius 2 is 1.80 bits per heavy atom. The van der Waals surface area contributed by atoms with Crippen molar-refractivity contribution in [2.75, 3.05) is 6.61 Å². The maximum Gasteiger partial charge on any atom is 0.295 e. The van der Waals surface area contributed by atoms with Crippen molar-refractivity contribution in [1.82, 2.24) is 9.88 Å². The van der Waals surface area contributed by atoms with E-state index in [1.54, 1.807) is 48.8 Å². The Morgan fingerprint density at radius 1 is 1.06 bits per heavy atom. The molecule has 1 aliphatic rings. The summed E-state index contributed by atoms with van der Waals surface area (Å²) in [6.07, 6.45) is 3.24. The van der Waals surface area contributed by atoms with Gasteiger partial charge in [0.1, 0.15) is 11.5 Å². The summed E-state index contributed by atoms with van der Waals surface area (Å²) in [4.78, 5) is 31.9. The highest BCUT2D eigenvalue weighted by atomic mass is 35.5. The molecule has 0 aliphatic carbocycles. The molecule has 2 heterocycles. The highest BCUT2D eigenvalue weighted by molar-refractivity contribution is 6.46. The van der Waals surface area contributed by atoms with Crippen LogP contribution in [0.1, 0.15) is 36.6 Å². The van der Waals surface area contributed by atoms with Crippen LogP contribution in [0.4, 0.5) is 0 Å². The number of pyridine rings is 1. The number of ether oxygens (including phenoxy) is 1. The normalized spacial score (nSPS) is 17.3. The first-order valence-electron chi connectivity index (χ1n) is 11.1. The second-order valence-corrected chi connectivity index (χ2v) is 9.50. The molecule has 1 saturated heterocycles. The monoisotopic (exact) mass is 510 g/mol. The van der Waals surface area contributed by atoms with Crippen LogP contribution in [0.15, 0.2) is 72.6 Å². The average Bonchev–Trinajstić information content (AvgIpc) is 3.09. The lowest BCUT2D eigenvalue weighted by atomic mass is 9.95. The first-order chi connectivity index (χ1) is 16.8. The maximum absolute atomic E-state index is 13.2. The fraction of sp³-hybridized carbons (Fsp3) is 0.222. The molecule has 8 heteroatoms. The Labute approximate surface area is 213 Å². The van der Waals surface area contributed by atoms with Crippen LogP contribution in [-0.4, -0.2) is 33.3 Å². The predicted octanol–water partition coefficient (Wildman–Crippen LogP) is 6.05. The van der Waals surface area contributed by atoms with Crippen LogP contribution < -0.4 is 4.74 Å². The van der Waals surface area contributed by atoms with Gasteiger partial charge in [-0.3, -0.25) is 14.6 Å². The molecule has 1 amide bonds. The summed E-state index contributed by atoms with van der Waals surface area (Å²) in [7, 11) is 0. The van der Waals surface area contributed by atoms with E-state index in [0.717, 1.165) is 5.56 Å². The zero-order valence-electron chi connectivity index (χ0n) is 19.2. The van der Waals surface area contributed by atoms with Crippen molar-refractivity contribution in [1.29, 1.82) is 0 Å². The zero-order chi connectivity index (χ0) is 25.1. The van der Waals surface area contributed by atoms with Crippen LogP contribution in [-0.2, 0) is 16.1 Å². The summed E-state index contributed by atoms with van der Waals surface area (Å²) in [5.74, 6) is -0.869. The number of likely N-dealkylation sites (tertiary alicyclic amines) is 1. The molecule has 0 spiro atoms. The van der Waals surface area contributed by atoms with E-state index in [9.17, 15) is 14.7 Å². The fourth-order valence-corrected chi connectivity index (χ4v) is 4.21. The average molecular weight is 511 g/mol. The molecular weight excluding hydrogens is 487 g/mol. The number of rotatable bonds is 7. The second kappa shape index (κ2) is 10.5. The van der Waals surface area contributed by atoms with Crippen LogP contribution >= 0.6 is 23.2 Å². The molecule has 1 unspecified atom stereocenters. The van der Waals surface area contributed by atoms with E-state index in [-0.39, 0.29) is 22.9 Å². The Hall–Kier alpha value is -3.35.